The van der Waals surface area contributed by atoms with Gasteiger partial charge in [-0.3, -0.25) is 14.4 Å². The third-order valence-electron chi connectivity index (χ3n) is 4.79. The van der Waals surface area contributed by atoms with Gasteiger partial charge >= 0.3 is 0 Å². The van der Waals surface area contributed by atoms with Crippen LogP contribution in [-0.4, -0.2) is 48.4 Å². The van der Waals surface area contributed by atoms with Gasteiger partial charge in [0.25, 0.3) is 5.91 Å². The Morgan fingerprint density at radius 3 is 2.61 bits per heavy atom. The van der Waals surface area contributed by atoms with Gasteiger partial charge in [0.1, 0.15) is 11.5 Å². The number of nitrogens with zero attached hydrogens (tertiary/aromatic N) is 1. The van der Waals surface area contributed by atoms with E-state index in [4.69, 9.17) is 9.47 Å². The average Bonchev–Trinajstić information content (AvgIpc) is 2.78. The highest BCUT2D eigenvalue weighted by atomic mass is 32.2. The minimum atomic E-state index is -0.417. The average molecular weight is 443 g/mol. The largest absolute Gasteiger partial charge is 0.494 e. The van der Waals surface area contributed by atoms with E-state index in [1.807, 2.05) is 13.8 Å². The van der Waals surface area contributed by atoms with Crippen molar-refractivity contribution in [2.24, 2.45) is 0 Å². The fourth-order valence-corrected chi connectivity index (χ4v) is 3.97. The summed E-state index contributed by atoms with van der Waals surface area (Å²) < 4.78 is 10.8. The molecule has 2 amide bonds. The maximum atomic E-state index is 12.9. The van der Waals surface area contributed by atoms with Crippen molar-refractivity contribution in [1.82, 2.24) is 0 Å². The highest BCUT2D eigenvalue weighted by Gasteiger charge is 2.26. The Kier molecular flexibility index (Phi) is 7.57. The summed E-state index contributed by atoms with van der Waals surface area (Å²) in [5.74, 6) is 1.06. The van der Waals surface area contributed by atoms with E-state index >= 15 is 0 Å². The second kappa shape index (κ2) is 10.3. The number of nitrogens with one attached hydrogen (secondary N) is 1. The fourth-order valence-electron chi connectivity index (χ4n) is 3.21. The van der Waals surface area contributed by atoms with Gasteiger partial charge in [-0.1, -0.05) is 0 Å². The monoisotopic (exact) mass is 442 g/mol. The number of fused-ring (bicyclic) bond motifs is 1. The predicted molar refractivity (Wildman–Crippen MR) is 122 cm³/mol. The van der Waals surface area contributed by atoms with Crippen LogP contribution in [0, 0.1) is 0 Å². The van der Waals surface area contributed by atoms with E-state index in [1.165, 1.54) is 11.8 Å². The third kappa shape index (κ3) is 5.58. The van der Waals surface area contributed by atoms with Gasteiger partial charge < -0.3 is 19.7 Å². The van der Waals surface area contributed by atoms with Crippen molar-refractivity contribution in [3.63, 3.8) is 0 Å². The van der Waals surface area contributed by atoms with Gasteiger partial charge in [0, 0.05) is 17.8 Å². The normalized spacial score (nSPS) is 13.8. The number of rotatable bonds is 9. The maximum absolute atomic E-state index is 12.9. The second-order valence-corrected chi connectivity index (χ2v) is 8.26. The molecule has 0 radical (unpaired) electrons. The topological polar surface area (TPSA) is 84.9 Å². The second-order valence-electron chi connectivity index (χ2n) is 6.93. The van der Waals surface area contributed by atoms with Crippen molar-refractivity contribution in [2.45, 2.75) is 26.0 Å². The number of Topliss-reactive ketones (excluding diaryl/α,β-unsaturated/α-hetero) is 1. The third-order valence-corrected chi connectivity index (χ3v) is 5.93. The number of likely N-dealkylation sites (N-methyl/N-ethyl adjacent to an activating group) is 1. The first kappa shape index (κ1) is 22.7. The number of benzene rings is 2. The fraction of sp³-hybridized carbons (Fsp3) is 0.348. The quantitative estimate of drug-likeness (QED) is 0.595. The highest BCUT2D eigenvalue weighted by Crippen LogP contribution is 2.33. The Morgan fingerprint density at radius 1 is 1.19 bits per heavy atom. The van der Waals surface area contributed by atoms with Crippen LogP contribution in [0.2, 0.25) is 0 Å². The molecular formula is C23H26N2O5S. The molecule has 7 nitrogen and oxygen atoms in total. The molecule has 2 aromatic carbocycles. The van der Waals surface area contributed by atoms with Crippen molar-refractivity contribution in [2.75, 3.05) is 35.7 Å². The van der Waals surface area contributed by atoms with Crippen LogP contribution in [0.15, 0.2) is 42.5 Å². The zero-order valence-electron chi connectivity index (χ0n) is 17.8. The summed E-state index contributed by atoms with van der Waals surface area (Å²) >= 11 is 1.26. The molecule has 2 aromatic rings. The van der Waals surface area contributed by atoms with Gasteiger partial charge in [0.05, 0.1) is 23.3 Å². The number of thioether (sulfide) groups is 1. The van der Waals surface area contributed by atoms with Gasteiger partial charge in [0.15, 0.2) is 12.4 Å². The number of ether oxygens (including phenoxy) is 2. The molecule has 0 aliphatic carbocycles. The summed E-state index contributed by atoms with van der Waals surface area (Å²) in [5, 5.41) is 2.40. The van der Waals surface area contributed by atoms with Crippen LogP contribution in [-0.2, 0) is 9.59 Å². The molecule has 1 aliphatic heterocycles. The number of carbonyl (C=O) groups is 3. The van der Waals surface area contributed by atoms with Gasteiger partial charge in [0.2, 0.25) is 5.91 Å². The molecular weight excluding hydrogens is 416 g/mol. The number of hydrogen-bond donors (Lipinski definition) is 1. The molecule has 1 atom stereocenters. The minimum absolute atomic E-state index is 0.00382. The molecule has 0 fully saturated rings. The molecule has 0 aromatic heterocycles. The van der Waals surface area contributed by atoms with Crippen molar-refractivity contribution in [3.05, 3.63) is 48.0 Å². The summed E-state index contributed by atoms with van der Waals surface area (Å²) in [7, 11) is 0. The van der Waals surface area contributed by atoms with Crippen LogP contribution in [0.4, 0.5) is 11.4 Å². The molecule has 8 heteroatoms. The molecule has 31 heavy (non-hydrogen) atoms. The van der Waals surface area contributed by atoms with Gasteiger partial charge in [-0.15, -0.1) is 11.8 Å². The smallest absolute Gasteiger partial charge is 0.265 e. The Hall–Kier alpha value is -3.00. The van der Waals surface area contributed by atoms with E-state index in [2.05, 4.69) is 5.32 Å². The van der Waals surface area contributed by atoms with Crippen LogP contribution >= 0.6 is 11.8 Å². The SMILES string of the molecule is CCOc1ccc(NC(=O)CSC(C)C(=O)c2ccc3c(c2)N(CC)C(=O)CO3)cc1. The number of carbonyl (C=O) groups excluding carboxylic acids is 3. The first-order valence-corrected chi connectivity index (χ1v) is 11.2. The number of hydrogen-bond acceptors (Lipinski definition) is 6. The van der Waals surface area contributed by atoms with E-state index in [1.54, 1.807) is 54.3 Å². The summed E-state index contributed by atoms with van der Waals surface area (Å²) in [6.07, 6.45) is 0. The van der Waals surface area contributed by atoms with Crippen LogP contribution in [0.5, 0.6) is 11.5 Å². The summed E-state index contributed by atoms with van der Waals surface area (Å²) in [6.45, 7) is 6.65. The first-order chi connectivity index (χ1) is 14.9. The molecule has 1 aliphatic rings. The Bertz CT molecular complexity index is 961. The lowest BCUT2D eigenvalue weighted by atomic mass is 10.1. The Morgan fingerprint density at radius 2 is 1.94 bits per heavy atom. The van der Waals surface area contributed by atoms with Crippen LogP contribution in [0.1, 0.15) is 31.1 Å². The minimum Gasteiger partial charge on any atom is -0.494 e. The number of amides is 2. The van der Waals surface area contributed by atoms with E-state index < -0.39 is 5.25 Å². The highest BCUT2D eigenvalue weighted by molar-refractivity contribution is 8.01. The Labute approximate surface area is 186 Å². The molecule has 0 bridgehead atoms. The van der Waals surface area contributed by atoms with Crippen molar-refractivity contribution in [3.8, 4) is 11.5 Å². The Balaban J connectivity index is 1.57. The number of anilines is 2. The van der Waals surface area contributed by atoms with Crippen molar-refractivity contribution in [1.29, 1.82) is 0 Å². The zero-order chi connectivity index (χ0) is 22.4. The van der Waals surface area contributed by atoms with E-state index in [0.29, 0.717) is 35.8 Å². The summed E-state index contributed by atoms with van der Waals surface area (Å²) in [4.78, 5) is 38.8. The standard InChI is InChI=1S/C23H26N2O5S/c1-4-25-19-12-16(6-11-20(19)30-13-22(25)27)23(28)15(3)31-14-21(26)24-17-7-9-18(10-8-17)29-5-2/h6-12,15H,4-5,13-14H2,1-3H3,(H,24,26). The lowest BCUT2D eigenvalue weighted by molar-refractivity contribution is -0.121. The number of ketones is 1. The van der Waals surface area contributed by atoms with Crippen LogP contribution in [0.3, 0.4) is 0 Å². The van der Waals surface area contributed by atoms with E-state index in [-0.39, 0.29) is 30.0 Å². The van der Waals surface area contributed by atoms with Crippen LogP contribution < -0.4 is 19.7 Å². The van der Waals surface area contributed by atoms with Gasteiger partial charge in [-0.2, -0.15) is 0 Å². The molecule has 1 N–H and O–H groups in total. The molecule has 0 spiro atoms. The summed E-state index contributed by atoms with van der Waals surface area (Å²) in [6, 6.07) is 12.2. The summed E-state index contributed by atoms with van der Waals surface area (Å²) in [5.41, 5.74) is 1.77. The molecule has 0 saturated carbocycles. The van der Waals surface area contributed by atoms with E-state index in [0.717, 1.165) is 5.75 Å². The van der Waals surface area contributed by atoms with E-state index in [9.17, 15) is 14.4 Å². The van der Waals surface area contributed by atoms with Gasteiger partial charge in [-0.25, -0.2) is 0 Å². The molecule has 0 saturated heterocycles. The molecule has 164 valence electrons. The van der Waals surface area contributed by atoms with Crippen molar-refractivity contribution >= 4 is 40.7 Å². The zero-order valence-corrected chi connectivity index (χ0v) is 18.7. The predicted octanol–water partition coefficient (Wildman–Crippen LogP) is 3.77. The van der Waals surface area contributed by atoms with Gasteiger partial charge in [-0.05, 0) is 63.2 Å². The lowest BCUT2D eigenvalue weighted by Crippen LogP contribution is -2.38. The van der Waals surface area contributed by atoms with Crippen LogP contribution in [0.25, 0.3) is 0 Å². The lowest BCUT2D eigenvalue weighted by Gasteiger charge is -2.28. The first-order valence-electron chi connectivity index (χ1n) is 10.2. The molecule has 1 unspecified atom stereocenters. The maximum Gasteiger partial charge on any atom is 0.265 e. The molecule has 1 heterocycles. The van der Waals surface area contributed by atoms with Crippen molar-refractivity contribution < 1.29 is 23.9 Å². The molecule has 3 rings (SSSR count).